The summed E-state index contributed by atoms with van der Waals surface area (Å²) >= 11 is 0. The summed E-state index contributed by atoms with van der Waals surface area (Å²) < 4.78 is 5.62. The lowest BCUT2D eigenvalue weighted by Gasteiger charge is -2.52. The normalized spacial score (nSPS) is 40.4. The van der Waals surface area contributed by atoms with Crippen LogP contribution in [0.25, 0.3) is 0 Å². The Bertz CT molecular complexity index is 236. The van der Waals surface area contributed by atoms with Gasteiger partial charge in [-0.15, -0.1) is 0 Å². The smallest absolute Gasteiger partial charge is 0.0622 e. The molecule has 1 aliphatic carbocycles. The number of ether oxygens (including phenoxy) is 1. The fourth-order valence-corrected chi connectivity index (χ4v) is 3.53. The number of hydrogen-bond donors (Lipinski definition) is 1. The second-order valence-electron chi connectivity index (χ2n) is 5.94. The van der Waals surface area contributed by atoms with Crippen LogP contribution in [0.15, 0.2) is 0 Å². The third-order valence-corrected chi connectivity index (χ3v) is 4.89. The molecule has 0 aromatic heterocycles. The maximum Gasteiger partial charge on any atom is 0.0622 e. The summed E-state index contributed by atoms with van der Waals surface area (Å²) in [7, 11) is 0. The van der Waals surface area contributed by atoms with Gasteiger partial charge in [0.25, 0.3) is 0 Å². The summed E-state index contributed by atoms with van der Waals surface area (Å²) in [5.41, 5.74) is 6.42. The van der Waals surface area contributed by atoms with E-state index in [1.807, 2.05) is 0 Å². The molecule has 17 heavy (non-hydrogen) atoms. The van der Waals surface area contributed by atoms with Crippen molar-refractivity contribution in [3.05, 3.63) is 0 Å². The van der Waals surface area contributed by atoms with Crippen LogP contribution in [0.3, 0.4) is 0 Å². The summed E-state index contributed by atoms with van der Waals surface area (Å²) in [6, 6.07) is 0.584. The lowest BCUT2D eigenvalue weighted by atomic mass is 9.75. The summed E-state index contributed by atoms with van der Waals surface area (Å²) in [6.45, 7) is 8.31. The largest absolute Gasteiger partial charge is 0.378 e. The predicted octanol–water partition coefficient (Wildman–Crippen LogP) is 2.00. The highest BCUT2D eigenvalue weighted by atomic mass is 16.5. The Hall–Kier alpha value is -0.120. The molecular formula is C14H28N2O. The van der Waals surface area contributed by atoms with E-state index in [-0.39, 0.29) is 5.54 Å². The lowest BCUT2D eigenvalue weighted by Crippen LogP contribution is -2.62. The van der Waals surface area contributed by atoms with Crippen LogP contribution >= 0.6 is 0 Å². The summed E-state index contributed by atoms with van der Waals surface area (Å²) in [4.78, 5) is 2.68. The van der Waals surface area contributed by atoms with Crippen LogP contribution in [0.2, 0.25) is 0 Å². The van der Waals surface area contributed by atoms with E-state index in [0.29, 0.717) is 6.04 Å². The van der Waals surface area contributed by atoms with Crippen LogP contribution in [0, 0.1) is 5.92 Å². The number of morpholine rings is 1. The Morgan fingerprint density at radius 1 is 1.35 bits per heavy atom. The molecule has 2 N–H and O–H groups in total. The average molecular weight is 240 g/mol. The number of nitrogens with zero attached hydrogens (tertiary/aromatic N) is 1. The van der Waals surface area contributed by atoms with E-state index in [4.69, 9.17) is 10.5 Å². The minimum atomic E-state index is 0.275. The first-order chi connectivity index (χ1) is 8.22. The Kier molecular flexibility index (Phi) is 4.45. The Morgan fingerprint density at radius 2 is 2.06 bits per heavy atom. The molecule has 1 atom stereocenters. The van der Waals surface area contributed by atoms with Gasteiger partial charge in [-0.1, -0.05) is 13.8 Å². The molecule has 3 heteroatoms. The molecule has 0 amide bonds. The van der Waals surface area contributed by atoms with Crippen molar-refractivity contribution in [2.24, 2.45) is 11.7 Å². The third-order valence-electron chi connectivity index (χ3n) is 4.89. The van der Waals surface area contributed by atoms with Gasteiger partial charge < -0.3 is 10.5 Å². The summed E-state index contributed by atoms with van der Waals surface area (Å²) in [6.07, 6.45) is 6.41. The molecule has 2 aliphatic rings. The molecule has 0 aromatic rings. The molecule has 0 radical (unpaired) electrons. The second kappa shape index (κ2) is 5.68. The SMILES string of the molecule is CCC1COCCN1C1(CN)CCC(C)CC1. The van der Waals surface area contributed by atoms with Gasteiger partial charge in [-0.25, -0.2) is 0 Å². The minimum absolute atomic E-state index is 0.275. The van der Waals surface area contributed by atoms with Crippen LogP contribution in [0.5, 0.6) is 0 Å². The summed E-state index contributed by atoms with van der Waals surface area (Å²) in [5, 5.41) is 0. The standard InChI is InChI=1S/C14H28N2O/c1-3-13-10-17-9-8-16(13)14(11-15)6-4-12(2)5-7-14/h12-13H,3-11,15H2,1-2H3. The molecule has 0 bridgehead atoms. The molecule has 0 spiro atoms. The van der Waals surface area contributed by atoms with E-state index in [9.17, 15) is 0 Å². The highest BCUT2D eigenvalue weighted by Gasteiger charge is 2.42. The lowest BCUT2D eigenvalue weighted by molar-refractivity contribution is -0.0787. The van der Waals surface area contributed by atoms with Gasteiger partial charge in [-0.3, -0.25) is 4.90 Å². The van der Waals surface area contributed by atoms with Gasteiger partial charge in [0, 0.05) is 24.7 Å². The molecule has 100 valence electrons. The van der Waals surface area contributed by atoms with E-state index >= 15 is 0 Å². The Balaban J connectivity index is 2.09. The monoisotopic (exact) mass is 240 g/mol. The first-order valence-corrected chi connectivity index (χ1v) is 7.26. The minimum Gasteiger partial charge on any atom is -0.378 e. The summed E-state index contributed by atoms with van der Waals surface area (Å²) in [5.74, 6) is 0.885. The van der Waals surface area contributed by atoms with Gasteiger partial charge >= 0.3 is 0 Å². The number of rotatable bonds is 3. The highest BCUT2D eigenvalue weighted by molar-refractivity contribution is 4.98. The zero-order chi connectivity index (χ0) is 12.3. The van der Waals surface area contributed by atoms with Gasteiger partial charge in [-0.2, -0.15) is 0 Å². The van der Waals surface area contributed by atoms with Gasteiger partial charge in [0.15, 0.2) is 0 Å². The fraction of sp³-hybridized carbons (Fsp3) is 1.00. The van der Waals surface area contributed by atoms with E-state index in [1.54, 1.807) is 0 Å². The van der Waals surface area contributed by atoms with Crippen LogP contribution < -0.4 is 5.73 Å². The predicted molar refractivity (Wildman–Crippen MR) is 71.0 cm³/mol. The molecule has 1 aliphatic heterocycles. The zero-order valence-electron chi connectivity index (χ0n) is 11.5. The van der Waals surface area contributed by atoms with Crippen molar-refractivity contribution in [3.8, 4) is 0 Å². The van der Waals surface area contributed by atoms with E-state index in [0.717, 1.165) is 32.2 Å². The molecular weight excluding hydrogens is 212 g/mol. The van der Waals surface area contributed by atoms with Crippen molar-refractivity contribution in [3.63, 3.8) is 0 Å². The molecule has 1 saturated carbocycles. The molecule has 1 heterocycles. The Labute approximate surface area is 106 Å². The fourth-order valence-electron chi connectivity index (χ4n) is 3.53. The molecule has 1 saturated heterocycles. The van der Waals surface area contributed by atoms with Crippen LogP contribution in [-0.4, -0.2) is 42.8 Å². The van der Waals surface area contributed by atoms with Gasteiger partial charge in [0.1, 0.15) is 0 Å². The van der Waals surface area contributed by atoms with Crippen molar-refractivity contribution in [2.75, 3.05) is 26.3 Å². The van der Waals surface area contributed by atoms with Crippen LogP contribution in [0.4, 0.5) is 0 Å². The molecule has 3 nitrogen and oxygen atoms in total. The number of nitrogens with two attached hydrogens (primary N) is 1. The maximum atomic E-state index is 6.15. The number of hydrogen-bond acceptors (Lipinski definition) is 3. The van der Waals surface area contributed by atoms with Crippen molar-refractivity contribution in [1.82, 2.24) is 4.90 Å². The second-order valence-corrected chi connectivity index (χ2v) is 5.94. The van der Waals surface area contributed by atoms with Crippen molar-refractivity contribution >= 4 is 0 Å². The first kappa shape index (κ1) is 13.3. The van der Waals surface area contributed by atoms with Gasteiger partial charge in [0.2, 0.25) is 0 Å². The topological polar surface area (TPSA) is 38.5 Å². The first-order valence-electron chi connectivity index (χ1n) is 7.26. The molecule has 2 fully saturated rings. The van der Waals surface area contributed by atoms with Crippen molar-refractivity contribution in [1.29, 1.82) is 0 Å². The third kappa shape index (κ3) is 2.67. The van der Waals surface area contributed by atoms with Crippen LogP contribution in [0.1, 0.15) is 46.0 Å². The quantitative estimate of drug-likeness (QED) is 0.820. The molecule has 1 unspecified atom stereocenters. The average Bonchev–Trinajstić information content (AvgIpc) is 2.40. The molecule has 0 aromatic carbocycles. The van der Waals surface area contributed by atoms with Crippen LogP contribution in [-0.2, 0) is 4.74 Å². The Morgan fingerprint density at radius 3 is 2.65 bits per heavy atom. The van der Waals surface area contributed by atoms with E-state index in [1.165, 1.54) is 32.1 Å². The maximum absolute atomic E-state index is 6.15. The van der Waals surface area contributed by atoms with Gasteiger partial charge in [-0.05, 0) is 38.0 Å². The van der Waals surface area contributed by atoms with Gasteiger partial charge in [0.05, 0.1) is 13.2 Å². The van der Waals surface area contributed by atoms with Crippen molar-refractivity contribution < 1.29 is 4.74 Å². The highest BCUT2D eigenvalue weighted by Crippen LogP contribution is 2.37. The van der Waals surface area contributed by atoms with Crippen molar-refractivity contribution in [2.45, 2.75) is 57.5 Å². The van der Waals surface area contributed by atoms with E-state index in [2.05, 4.69) is 18.7 Å². The molecule has 2 rings (SSSR count). The van der Waals surface area contributed by atoms with E-state index < -0.39 is 0 Å². The zero-order valence-corrected chi connectivity index (χ0v) is 11.5.